The Morgan fingerprint density at radius 2 is 1.67 bits per heavy atom. The van der Waals surface area contributed by atoms with Crippen LogP contribution in [0, 0.1) is 0 Å². The van der Waals surface area contributed by atoms with Crippen molar-refractivity contribution in [3.63, 3.8) is 0 Å². The van der Waals surface area contributed by atoms with E-state index in [1.807, 2.05) is 18.2 Å². The molecule has 0 aliphatic carbocycles. The molecule has 0 unspecified atom stereocenters. The van der Waals surface area contributed by atoms with E-state index in [1.54, 1.807) is 4.90 Å². The van der Waals surface area contributed by atoms with Gasteiger partial charge >= 0.3 is 6.03 Å². The quantitative estimate of drug-likeness (QED) is 0.894. The molecule has 2 heterocycles. The number of rotatable bonds is 2. The first-order chi connectivity index (χ1) is 10.3. The van der Waals surface area contributed by atoms with E-state index in [0.29, 0.717) is 26.3 Å². The number of hydrogen-bond donors (Lipinski definition) is 1. The van der Waals surface area contributed by atoms with Crippen LogP contribution in [-0.2, 0) is 9.47 Å². The van der Waals surface area contributed by atoms with Crippen molar-refractivity contribution in [3.8, 4) is 0 Å². The minimum atomic E-state index is -0.0579. The Labute approximate surface area is 124 Å². The lowest BCUT2D eigenvalue weighted by Gasteiger charge is -2.29. The molecule has 0 saturated carbocycles. The maximum atomic E-state index is 12.2. The normalized spacial score (nSPS) is 19.4. The lowest BCUT2D eigenvalue weighted by Crippen LogP contribution is -2.43. The number of ether oxygens (including phenoxy) is 2. The van der Waals surface area contributed by atoms with Crippen LogP contribution in [0.5, 0.6) is 0 Å². The number of morpholine rings is 2. The van der Waals surface area contributed by atoms with Crippen LogP contribution in [-0.4, -0.2) is 63.5 Å². The van der Waals surface area contributed by atoms with Gasteiger partial charge in [0, 0.05) is 37.6 Å². The maximum absolute atomic E-state index is 12.2. The van der Waals surface area contributed by atoms with Gasteiger partial charge in [0.05, 0.1) is 26.4 Å². The fourth-order valence-corrected chi connectivity index (χ4v) is 2.57. The molecule has 2 fully saturated rings. The topological polar surface area (TPSA) is 54.0 Å². The minimum absolute atomic E-state index is 0.0579. The maximum Gasteiger partial charge on any atom is 0.322 e. The Bertz CT molecular complexity index is 483. The van der Waals surface area contributed by atoms with Crippen molar-refractivity contribution in [1.29, 1.82) is 0 Å². The van der Waals surface area contributed by atoms with Gasteiger partial charge in [0.2, 0.25) is 0 Å². The molecular formula is C15H21N3O3. The molecule has 6 nitrogen and oxygen atoms in total. The summed E-state index contributed by atoms with van der Waals surface area (Å²) < 4.78 is 10.6. The highest BCUT2D eigenvalue weighted by Crippen LogP contribution is 2.20. The van der Waals surface area contributed by atoms with Crippen LogP contribution < -0.4 is 10.2 Å². The number of anilines is 2. The smallest absolute Gasteiger partial charge is 0.322 e. The zero-order valence-corrected chi connectivity index (χ0v) is 12.1. The van der Waals surface area contributed by atoms with Crippen LogP contribution in [0.4, 0.5) is 16.2 Å². The molecular weight excluding hydrogens is 270 g/mol. The van der Waals surface area contributed by atoms with Gasteiger partial charge in [-0.25, -0.2) is 4.79 Å². The predicted octanol–water partition coefficient (Wildman–Crippen LogP) is 1.39. The average molecular weight is 291 g/mol. The zero-order chi connectivity index (χ0) is 14.5. The second kappa shape index (κ2) is 6.78. The van der Waals surface area contributed by atoms with E-state index in [4.69, 9.17) is 9.47 Å². The minimum Gasteiger partial charge on any atom is -0.378 e. The third kappa shape index (κ3) is 3.65. The molecule has 0 bridgehead atoms. The second-order valence-electron chi connectivity index (χ2n) is 5.18. The van der Waals surface area contributed by atoms with Gasteiger partial charge in [0.1, 0.15) is 0 Å². The monoisotopic (exact) mass is 291 g/mol. The van der Waals surface area contributed by atoms with E-state index in [-0.39, 0.29) is 6.03 Å². The Balaban J connectivity index is 1.63. The van der Waals surface area contributed by atoms with Crippen molar-refractivity contribution in [2.75, 3.05) is 62.8 Å². The first-order valence-corrected chi connectivity index (χ1v) is 7.39. The molecule has 1 aromatic rings. The van der Waals surface area contributed by atoms with Gasteiger partial charge in [-0.15, -0.1) is 0 Å². The Hall–Kier alpha value is -1.79. The molecule has 2 saturated heterocycles. The Kier molecular flexibility index (Phi) is 4.57. The van der Waals surface area contributed by atoms with Gasteiger partial charge in [-0.2, -0.15) is 0 Å². The van der Waals surface area contributed by atoms with Crippen molar-refractivity contribution in [2.45, 2.75) is 0 Å². The second-order valence-corrected chi connectivity index (χ2v) is 5.18. The molecule has 2 amide bonds. The number of carbonyl (C=O) groups excluding carboxylic acids is 1. The fourth-order valence-electron chi connectivity index (χ4n) is 2.57. The van der Waals surface area contributed by atoms with Gasteiger partial charge in [-0.1, -0.05) is 6.07 Å². The summed E-state index contributed by atoms with van der Waals surface area (Å²) in [5, 5.41) is 2.96. The molecule has 6 heteroatoms. The fraction of sp³-hybridized carbons (Fsp3) is 0.533. The molecule has 114 valence electrons. The van der Waals surface area contributed by atoms with Crippen LogP contribution in [0.3, 0.4) is 0 Å². The van der Waals surface area contributed by atoms with E-state index in [1.165, 1.54) is 0 Å². The summed E-state index contributed by atoms with van der Waals surface area (Å²) in [4.78, 5) is 16.2. The van der Waals surface area contributed by atoms with E-state index in [0.717, 1.165) is 37.7 Å². The van der Waals surface area contributed by atoms with Crippen molar-refractivity contribution < 1.29 is 14.3 Å². The summed E-state index contributed by atoms with van der Waals surface area (Å²) in [6, 6.07) is 7.92. The molecule has 2 aliphatic rings. The Morgan fingerprint density at radius 3 is 2.38 bits per heavy atom. The van der Waals surface area contributed by atoms with Gasteiger partial charge in [-0.05, 0) is 18.2 Å². The highest BCUT2D eigenvalue weighted by molar-refractivity contribution is 5.90. The van der Waals surface area contributed by atoms with Crippen molar-refractivity contribution in [1.82, 2.24) is 4.90 Å². The lowest BCUT2D eigenvalue weighted by atomic mass is 10.2. The number of nitrogens with zero attached hydrogens (tertiary/aromatic N) is 2. The van der Waals surface area contributed by atoms with Crippen LogP contribution >= 0.6 is 0 Å². The number of amides is 2. The van der Waals surface area contributed by atoms with E-state index >= 15 is 0 Å². The highest BCUT2D eigenvalue weighted by Gasteiger charge is 2.17. The van der Waals surface area contributed by atoms with Gasteiger partial charge in [0.25, 0.3) is 0 Å². The standard InChI is InChI=1S/C15H21N3O3/c19-15(18-6-10-21-11-7-18)16-13-2-1-3-14(12-13)17-4-8-20-9-5-17/h1-3,12H,4-11H2,(H,16,19). The van der Waals surface area contributed by atoms with Gasteiger partial charge in [-0.3, -0.25) is 0 Å². The zero-order valence-electron chi connectivity index (χ0n) is 12.1. The number of urea groups is 1. The number of benzene rings is 1. The third-order valence-electron chi connectivity index (χ3n) is 3.77. The molecule has 2 aliphatic heterocycles. The molecule has 1 N–H and O–H groups in total. The van der Waals surface area contributed by atoms with E-state index in [9.17, 15) is 4.79 Å². The molecule has 0 atom stereocenters. The predicted molar refractivity (Wildman–Crippen MR) is 80.9 cm³/mol. The number of carbonyl (C=O) groups is 1. The Morgan fingerprint density at radius 1 is 1.00 bits per heavy atom. The number of hydrogen-bond acceptors (Lipinski definition) is 4. The summed E-state index contributed by atoms with van der Waals surface area (Å²) in [6.45, 7) is 5.81. The van der Waals surface area contributed by atoms with Crippen LogP contribution in [0.1, 0.15) is 0 Å². The van der Waals surface area contributed by atoms with Gasteiger partial charge in [0.15, 0.2) is 0 Å². The van der Waals surface area contributed by atoms with Crippen molar-refractivity contribution in [2.24, 2.45) is 0 Å². The van der Waals surface area contributed by atoms with Crippen LogP contribution in [0.25, 0.3) is 0 Å². The average Bonchev–Trinajstić information content (AvgIpc) is 2.57. The summed E-state index contributed by atoms with van der Waals surface area (Å²) >= 11 is 0. The number of nitrogens with one attached hydrogen (secondary N) is 1. The van der Waals surface area contributed by atoms with E-state index in [2.05, 4.69) is 16.3 Å². The molecule has 3 rings (SSSR count). The summed E-state index contributed by atoms with van der Waals surface area (Å²) in [6.07, 6.45) is 0. The van der Waals surface area contributed by atoms with Crippen molar-refractivity contribution in [3.05, 3.63) is 24.3 Å². The largest absolute Gasteiger partial charge is 0.378 e. The SMILES string of the molecule is O=C(Nc1cccc(N2CCOCC2)c1)N1CCOCC1. The van der Waals surface area contributed by atoms with Gasteiger partial charge < -0.3 is 24.6 Å². The molecule has 1 aromatic carbocycles. The molecule has 0 radical (unpaired) electrons. The summed E-state index contributed by atoms with van der Waals surface area (Å²) in [7, 11) is 0. The third-order valence-corrected chi connectivity index (χ3v) is 3.77. The molecule has 0 aromatic heterocycles. The molecule has 21 heavy (non-hydrogen) atoms. The van der Waals surface area contributed by atoms with Crippen LogP contribution in [0.2, 0.25) is 0 Å². The first-order valence-electron chi connectivity index (χ1n) is 7.39. The summed E-state index contributed by atoms with van der Waals surface area (Å²) in [5.41, 5.74) is 1.95. The molecule has 0 spiro atoms. The lowest BCUT2D eigenvalue weighted by molar-refractivity contribution is 0.0564. The first kappa shape index (κ1) is 14.2. The van der Waals surface area contributed by atoms with E-state index < -0.39 is 0 Å². The highest BCUT2D eigenvalue weighted by atomic mass is 16.5. The van der Waals surface area contributed by atoms with Crippen molar-refractivity contribution >= 4 is 17.4 Å². The summed E-state index contributed by atoms with van der Waals surface area (Å²) in [5.74, 6) is 0. The van der Waals surface area contributed by atoms with Crippen LogP contribution in [0.15, 0.2) is 24.3 Å².